The molecule has 2 N–H and O–H groups in total. The van der Waals surface area contributed by atoms with Crippen molar-refractivity contribution in [2.45, 2.75) is 23.8 Å². The van der Waals surface area contributed by atoms with Gasteiger partial charge < -0.3 is 19.5 Å². The highest BCUT2D eigenvalue weighted by Gasteiger charge is 2.18. The van der Waals surface area contributed by atoms with Crippen LogP contribution in [0, 0.1) is 0 Å². The summed E-state index contributed by atoms with van der Waals surface area (Å²) in [6, 6.07) is 11.7. The van der Waals surface area contributed by atoms with Gasteiger partial charge in [-0.15, -0.1) is 0 Å². The Morgan fingerprint density at radius 2 is 2.00 bits per heavy atom. The first-order chi connectivity index (χ1) is 14.9. The minimum Gasteiger partial charge on any atom is -0.495 e. The first kappa shape index (κ1) is 22.8. The van der Waals surface area contributed by atoms with Gasteiger partial charge in [0.15, 0.2) is 0 Å². The molecule has 31 heavy (non-hydrogen) atoms. The van der Waals surface area contributed by atoms with Gasteiger partial charge in [0.05, 0.1) is 13.2 Å². The molecule has 1 heterocycles. The lowest BCUT2D eigenvalue weighted by atomic mass is 10.2. The predicted octanol–water partition coefficient (Wildman–Crippen LogP) is 2.81. The van der Waals surface area contributed by atoms with Crippen LogP contribution in [0.15, 0.2) is 53.4 Å². The molecule has 1 atom stereocenters. The number of benzene rings is 2. The second kappa shape index (κ2) is 10.4. The molecule has 1 aliphatic heterocycles. The molecule has 1 aliphatic rings. The average Bonchev–Trinajstić information content (AvgIpc) is 3.31. The quantitative estimate of drug-likeness (QED) is 0.574. The van der Waals surface area contributed by atoms with Crippen LogP contribution < -0.4 is 19.5 Å². The normalized spacial score (nSPS) is 16.4. The van der Waals surface area contributed by atoms with E-state index in [9.17, 15) is 13.2 Å². The molecular weight excluding hydrogens is 420 g/mol. The molecule has 1 saturated heterocycles. The van der Waals surface area contributed by atoms with E-state index in [1.165, 1.54) is 38.4 Å². The van der Waals surface area contributed by atoms with Gasteiger partial charge in [0.2, 0.25) is 15.9 Å². The van der Waals surface area contributed by atoms with Gasteiger partial charge in [0, 0.05) is 18.4 Å². The minimum absolute atomic E-state index is 0.00125. The van der Waals surface area contributed by atoms with E-state index < -0.39 is 10.0 Å². The Hall–Kier alpha value is -2.88. The van der Waals surface area contributed by atoms with Crippen molar-refractivity contribution in [3.8, 4) is 11.5 Å². The van der Waals surface area contributed by atoms with E-state index in [0.717, 1.165) is 19.4 Å². The van der Waals surface area contributed by atoms with Gasteiger partial charge in [-0.05, 0) is 67.9 Å². The van der Waals surface area contributed by atoms with Gasteiger partial charge in [-0.25, -0.2) is 13.1 Å². The summed E-state index contributed by atoms with van der Waals surface area (Å²) in [4.78, 5) is 12.2. The van der Waals surface area contributed by atoms with Crippen molar-refractivity contribution >= 4 is 27.7 Å². The summed E-state index contributed by atoms with van der Waals surface area (Å²) < 4.78 is 42.9. The number of sulfonamides is 1. The van der Waals surface area contributed by atoms with Crippen molar-refractivity contribution in [2.75, 3.05) is 32.7 Å². The number of hydrogen-bond donors (Lipinski definition) is 2. The number of methoxy groups -OCH3 is 1. The highest BCUT2D eigenvalue weighted by atomic mass is 32.2. The largest absolute Gasteiger partial charge is 0.495 e. The molecule has 2 aromatic rings. The zero-order valence-corrected chi connectivity index (χ0v) is 18.3. The summed E-state index contributed by atoms with van der Waals surface area (Å²) >= 11 is 0. The molecule has 0 saturated carbocycles. The molecule has 0 aliphatic carbocycles. The third-order valence-corrected chi connectivity index (χ3v) is 6.19. The number of anilines is 1. The summed E-state index contributed by atoms with van der Waals surface area (Å²) in [5, 5.41) is 2.75. The van der Waals surface area contributed by atoms with Gasteiger partial charge in [0.25, 0.3) is 0 Å². The second-order valence-electron chi connectivity index (χ2n) is 6.91. The van der Waals surface area contributed by atoms with Crippen LogP contribution in [0.25, 0.3) is 6.08 Å². The number of ether oxygens (including phenoxy) is 3. The van der Waals surface area contributed by atoms with E-state index in [0.29, 0.717) is 23.6 Å². The van der Waals surface area contributed by atoms with E-state index in [-0.39, 0.29) is 22.7 Å². The van der Waals surface area contributed by atoms with Crippen LogP contribution in [0.1, 0.15) is 18.4 Å². The Morgan fingerprint density at radius 1 is 1.23 bits per heavy atom. The molecule has 1 unspecified atom stereocenters. The predicted molar refractivity (Wildman–Crippen MR) is 118 cm³/mol. The Balaban J connectivity index is 1.59. The molecule has 166 valence electrons. The van der Waals surface area contributed by atoms with E-state index >= 15 is 0 Å². The molecule has 9 heteroatoms. The number of amides is 1. The highest BCUT2D eigenvalue weighted by Crippen LogP contribution is 2.25. The van der Waals surface area contributed by atoms with Crippen LogP contribution in [0.4, 0.5) is 5.69 Å². The van der Waals surface area contributed by atoms with Crippen molar-refractivity contribution in [2.24, 2.45) is 0 Å². The summed E-state index contributed by atoms with van der Waals surface area (Å²) in [7, 11) is -0.977. The lowest BCUT2D eigenvalue weighted by Crippen LogP contribution is -2.19. The summed E-state index contributed by atoms with van der Waals surface area (Å²) in [6.07, 6.45) is 5.08. The Bertz CT molecular complexity index is 1030. The van der Waals surface area contributed by atoms with Gasteiger partial charge in [-0.2, -0.15) is 0 Å². The number of carbonyl (C=O) groups is 1. The highest BCUT2D eigenvalue weighted by molar-refractivity contribution is 7.89. The molecular formula is C22H26N2O6S. The number of carbonyl (C=O) groups excluding carboxylic acids is 1. The van der Waals surface area contributed by atoms with Crippen LogP contribution in [0.2, 0.25) is 0 Å². The maximum absolute atomic E-state index is 12.2. The van der Waals surface area contributed by atoms with Crippen LogP contribution in [-0.4, -0.2) is 47.8 Å². The van der Waals surface area contributed by atoms with E-state index in [4.69, 9.17) is 14.2 Å². The van der Waals surface area contributed by atoms with Gasteiger partial charge >= 0.3 is 0 Å². The van der Waals surface area contributed by atoms with E-state index in [2.05, 4.69) is 10.0 Å². The third-order valence-electron chi connectivity index (χ3n) is 4.75. The molecule has 8 nitrogen and oxygen atoms in total. The Labute approximate surface area is 182 Å². The Morgan fingerprint density at radius 3 is 2.65 bits per heavy atom. The zero-order valence-electron chi connectivity index (χ0n) is 17.5. The fourth-order valence-electron chi connectivity index (χ4n) is 3.07. The molecule has 3 rings (SSSR count). The third kappa shape index (κ3) is 6.30. The molecule has 0 bridgehead atoms. The first-order valence-electron chi connectivity index (χ1n) is 9.86. The molecule has 0 aromatic heterocycles. The SMILES string of the molecule is CNS(=O)(=O)c1cc(C=CC(=O)Nc2ccc(OCC3CCCO3)cc2)ccc1OC. The van der Waals surface area contributed by atoms with Gasteiger partial charge in [-0.1, -0.05) is 6.07 Å². The van der Waals surface area contributed by atoms with Crippen molar-refractivity contribution in [1.29, 1.82) is 0 Å². The fraction of sp³-hybridized carbons (Fsp3) is 0.318. The zero-order chi connectivity index (χ0) is 22.3. The summed E-state index contributed by atoms with van der Waals surface area (Å²) in [5.41, 5.74) is 1.16. The number of nitrogens with one attached hydrogen (secondary N) is 2. The summed E-state index contributed by atoms with van der Waals surface area (Å²) in [5.74, 6) is 0.583. The minimum atomic E-state index is -3.69. The summed E-state index contributed by atoms with van der Waals surface area (Å²) in [6.45, 7) is 1.30. The smallest absolute Gasteiger partial charge is 0.248 e. The van der Waals surface area contributed by atoms with E-state index in [1.807, 2.05) is 0 Å². The maximum Gasteiger partial charge on any atom is 0.248 e. The van der Waals surface area contributed by atoms with Crippen LogP contribution >= 0.6 is 0 Å². The van der Waals surface area contributed by atoms with Crippen molar-refractivity contribution in [3.63, 3.8) is 0 Å². The molecule has 1 amide bonds. The second-order valence-corrected chi connectivity index (χ2v) is 8.77. The molecule has 0 radical (unpaired) electrons. The van der Waals surface area contributed by atoms with Crippen LogP contribution in [0.3, 0.4) is 0 Å². The first-order valence-corrected chi connectivity index (χ1v) is 11.3. The number of rotatable bonds is 9. The topological polar surface area (TPSA) is 103 Å². The lowest BCUT2D eigenvalue weighted by Gasteiger charge is -2.11. The van der Waals surface area contributed by atoms with Crippen molar-refractivity contribution in [3.05, 3.63) is 54.1 Å². The van der Waals surface area contributed by atoms with Crippen molar-refractivity contribution in [1.82, 2.24) is 4.72 Å². The molecule has 0 spiro atoms. The molecule has 2 aromatic carbocycles. The monoisotopic (exact) mass is 446 g/mol. The fourth-order valence-corrected chi connectivity index (χ4v) is 4.00. The van der Waals surface area contributed by atoms with E-state index in [1.54, 1.807) is 30.3 Å². The van der Waals surface area contributed by atoms with Crippen molar-refractivity contribution < 1.29 is 27.4 Å². The lowest BCUT2D eigenvalue weighted by molar-refractivity contribution is -0.111. The maximum atomic E-state index is 12.2. The molecule has 1 fully saturated rings. The number of hydrogen-bond acceptors (Lipinski definition) is 6. The Kier molecular flexibility index (Phi) is 7.67. The average molecular weight is 447 g/mol. The standard InChI is InChI=1S/C22H26N2O6S/c1-23-31(26,27)21-14-16(5-11-20(21)28-2)6-12-22(25)24-17-7-9-18(10-8-17)30-15-19-4-3-13-29-19/h5-12,14,19,23H,3-4,13,15H2,1-2H3,(H,24,25). The van der Waals surface area contributed by atoms with Gasteiger partial charge in [-0.3, -0.25) is 4.79 Å². The van der Waals surface area contributed by atoms with Crippen LogP contribution in [-0.2, 0) is 19.6 Å². The van der Waals surface area contributed by atoms with Crippen LogP contribution in [0.5, 0.6) is 11.5 Å². The van der Waals surface area contributed by atoms with Gasteiger partial charge in [0.1, 0.15) is 23.0 Å².